The van der Waals surface area contributed by atoms with Crippen LogP contribution in [0.25, 0.3) is 11.0 Å². The van der Waals surface area contributed by atoms with Crippen molar-refractivity contribution in [3.63, 3.8) is 0 Å². The van der Waals surface area contributed by atoms with Crippen molar-refractivity contribution in [1.29, 1.82) is 0 Å². The Hall–Kier alpha value is -3.75. The van der Waals surface area contributed by atoms with Crippen LogP contribution in [0.2, 0.25) is 0 Å². The minimum atomic E-state index is -0.644. The van der Waals surface area contributed by atoms with Gasteiger partial charge >= 0.3 is 5.97 Å². The van der Waals surface area contributed by atoms with Crippen molar-refractivity contribution in [3.8, 4) is 0 Å². The van der Waals surface area contributed by atoms with Gasteiger partial charge in [-0.15, -0.1) is 0 Å². The zero-order chi connectivity index (χ0) is 23.4. The average molecular weight is 438 g/mol. The van der Waals surface area contributed by atoms with Crippen molar-refractivity contribution in [1.82, 2.24) is 20.1 Å². The summed E-state index contributed by atoms with van der Waals surface area (Å²) in [6, 6.07) is 8.29. The molecule has 0 bridgehead atoms. The molecule has 0 radical (unpaired) electrons. The molecule has 1 aromatic carbocycles. The molecule has 0 saturated heterocycles. The fraction of sp³-hybridized carbons (Fsp3) is 0.348. The Morgan fingerprint density at radius 3 is 2.56 bits per heavy atom. The summed E-state index contributed by atoms with van der Waals surface area (Å²) in [6.07, 6.45) is 0. The Morgan fingerprint density at radius 2 is 1.84 bits per heavy atom. The molecule has 2 N–H and O–H groups in total. The van der Waals surface area contributed by atoms with E-state index in [9.17, 15) is 14.4 Å². The summed E-state index contributed by atoms with van der Waals surface area (Å²) >= 11 is 0. The van der Waals surface area contributed by atoms with Gasteiger partial charge in [0, 0.05) is 19.3 Å². The maximum Gasteiger partial charge on any atom is 0.339 e. The summed E-state index contributed by atoms with van der Waals surface area (Å²) in [4.78, 5) is 42.0. The second-order valence-electron chi connectivity index (χ2n) is 7.99. The van der Waals surface area contributed by atoms with E-state index >= 15 is 0 Å². The zero-order valence-electron chi connectivity index (χ0n) is 18.9. The molecule has 0 aliphatic rings. The van der Waals surface area contributed by atoms with Crippen molar-refractivity contribution in [2.75, 3.05) is 18.5 Å². The molecular weight excluding hydrogens is 410 g/mol. The molecule has 9 heteroatoms. The van der Waals surface area contributed by atoms with Gasteiger partial charge in [0.1, 0.15) is 0 Å². The molecule has 0 unspecified atom stereocenters. The largest absolute Gasteiger partial charge is 0.452 e. The van der Waals surface area contributed by atoms with E-state index in [1.165, 1.54) is 0 Å². The first-order valence-electron chi connectivity index (χ1n) is 10.3. The third kappa shape index (κ3) is 5.11. The van der Waals surface area contributed by atoms with Crippen molar-refractivity contribution in [2.45, 2.75) is 27.7 Å². The van der Waals surface area contributed by atoms with E-state index in [0.29, 0.717) is 51.7 Å². The summed E-state index contributed by atoms with van der Waals surface area (Å²) in [7, 11) is 1.75. The van der Waals surface area contributed by atoms with Crippen LogP contribution in [0.3, 0.4) is 0 Å². The van der Waals surface area contributed by atoms with Crippen LogP contribution in [-0.2, 0) is 16.6 Å². The van der Waals surface area contributed by atoms with Crippen LogP contribution in [0.5, 0.6) is 0 Å². The standard InChI is InChI=1S/C23H27N5O4/c1-13(2)11-24-22(30)16-8-6-7-9-18(16)26-19(29)12-32-23(31)17-10-14(3)25-21-20(17)15(4)27-28(21)5/h6-10,13H,11-12H2,1-5H3,(H,24,30)(H,26,29). The average Bonchev–Trinajstić information content (AvgIpc) is 3.03. The predicted octanol–water partition coefficient (Wildman–Crippen LogP) is 2.77. The monoisotopic (exact) mass is 437 g/mol. The van der Waals surface area contributed by atoms with Crippen LogP contribution >= 0.6 is 0 Å². The molecule has 32 heavy (non-hydrogen) atoms. The summed E-state index contributed by atoms with van der Waals surface area (Å²) in [6.45, 7) is 7.56. The highest BCUT2D eigenvalue weighted by atomic mass is 16.5. The maximum atomic E-state index is 12.7. The zero-order valence-corrected chi connectivity index (χ0v) is 18.9. The second-order valence-corrected chi connectivity index (χ2v) is 7.99. The molecular formula is C23H27N5O4. The molecule has 0 aliphatic carbocycles. The molecule has 2 amide bonds. The van der Waals surface area contributed by atoms with Crippen molar-refractivity contribution < 1.29 is 19.1 Å². The Kier molecular flexibility index (Phi) is 6.87. The minimum Gasteiger partial charge on any atom is -0.452 e. The number of benzene rings is 1. The number of ether oxygens (including phenoxy) is 1. The summed E-state index contributed by atoms with van der Waals surface area (Å²) in [5, 5.41) is 10.4. The number of nitrogens with zero attached hydrogens (tertiary/aromatic N) is 3. The number of anilines is 1. The second kappa shape index (κ2) is 9.59. The molecule has 9 nitrogen and oxygen atoms in total. The van der Waals surface area contributed by atoms with Crippen LogP contribution in [0.1, 0.15) is 46.0 Å². The van der Waals surface area contributed by atoms with Crippen LogP contribution in [0.4, 0.5) is 5.69 Å². The molecule has 2 aromatic heterocycles. The lowest BCUT2D eigenvalue weighted by atomic mass is 10.1. The third-order valence-electron chi connectivity index (χ3n) is 4.77. The fourth-order valence-electron chi connectivity index (χ4n) is 3.31. The fourth-order valence-corrected chi connectivity index (χ4v) is 3.31. The van der Waals surface area contributed by atoms with Gasteiger partial charge in [-0.05, 0) is 38.0 Å². The Labute approximate surface area is 186 Å². The van der Waals surface area contributed by atoms with E-state index in [1.807, 2.05) is 13.8 Å². The minimum absolute atomic E-state index is 0.284. The van der Waals surface area contributed by atoms with E-state index in [2.05, 4.69) is 20.7 Å². The lowest BCUT2D eigenvalue weighted by Gasteiger charge is -2.13. The van der Waals surface area contributed by atoms with Gasteiger partial charge in [0.2, 0.25) is 0 Å². The van der Waals surface area contributed by atoms with Crippen molar-refractivity contribution in [2.24, 2.45) is 13.0 Å². The first-order chi connectivity index (χ1) is 15.2. The molecule has 0 atom stereocenters. The number of esters is 1. The SMILES string of the molecule is Cc1cc(C(=O)OCC(=O)Nc2ccccc2C(=O)NCC(C)C)c2c(C)nn(C)c2n1. The highest BCUT2D eigenvalue weighted by molar-refractivity contribution is 6.06. The van der Waals surface area contributed by atoms with Gasteiger partial charge < -0.3 is 15.4 Å². The lowest BCUT2D eigenvalue weighted by Crippen LogP contribution is -2.29. The predicted molar refractivity (Wildman–Crippen MR) is 121 cm³/mol. The number of fused-ring (bicyclic) bond motifs is 1. The Morgan fingerprint density at radius 1 is 1.12 bits per heavy atom. The lowest BCUT2D eigenvalue weighted by molar-refractivity contribution is -0.119. The van der Waals surface area contributed by atoms with E-state index < -0.39 is 18.5 Å². The number of aryl methyl sites for hydroxylation is 3. The van der Waals surface area contributed by atoms with Gasteiger partial charge in [0.05, 0.1) is 27.9 Å². The number of hydrogen-bond donors (Lipinski definition) is 2. The number of nitrogens with one attached hydrogen (secondary N) is 2. The molecule has 168 valence electrons. The van der Waals surface area contributed by atoms with Gasteiger partial charge in [0.25, 0.3) is 11.8 Å². The number of pyridine rings is 1. The summed E-state index contributed by atoms with van der Waals surface area (Å²) in [5.41, 5.74) is 2.84. The number of hydrogen-bond acceptors (Lipinski definition) is 6. The molecule has 0 fully saturated rings. The van der Waals surface area contributed by atoms with Gasteiger partial charge in [-0.25, -0.2) is 9.78 Å². The molecule has 3 rings (SSSR count). The third-order valence-corrected chi connectivity index (χ3v) is 4.77. The van der Waals surface area contributed by atoms with E-state index in [-0.39, 0.29) is 5.91 Å². The van der Waals surface area contributed by atoms with Gasteiger partial charge in [-0.2, -0.15) is 5.10 Å². The number of aromatic nitrogens is 3. The van der Waals surface area contributed by atoms with Crippen LogP contribution in [0.15, 0.2) is 30.3 Å². The number of carbonyl (C=O) groups excluding carboxylic acids is 3. The molecule has 0 spiro atoms. The number of rotatable bonds is 7. The summed E-state index contributed by atoms with van der Waals surface area (Å²) in [5.74, 6) is -1.18. The Balaban J connectivity index is 1.70. The van der Waals surface area contributed by atoms with Crippen molar-refractivity contribution in [3.05, 3.63) is 52.8 Å². The molecule has 3 aromatic rings. The van der Waals surface area contributed by atoms with Gasteiger partial charge in [-0.1, -0.05) is 26.0 Å². The quantitative estimate of drug-likeness (QED) is 0.549. The van der Waals surface area contributed by atoms with Gasteiger partial charge in [-0.3, -0.25) is 14.3 Å². The highest BCUT2D eigenvalue weighted by Crippen LogP contribution is 2.22. The van der Waals surface area contributed by atoms with Gasteiger partial charge in [0.15, 0.2) is 12.3 Å². The van der Waals surface area contributed by atoms with Crippen LogP contribution in [0, 0.1) is 19.8 Å². The highest BCUT2D eigenvalue weighted by Gasteiger charge is 2.20. The van der Waals surface area contributed by atoms with Crippen LogP contribution in [-0.4, -0.2) is 45.7 Å². The first-order valence-corrected chi connectivity index (χ1v) is 10.3. The number of para-hydroxylation sites is 1. The number of carbonyl (C=O) groups is 3. The first kappa shape index (κ1) is 22.9. The maximum absolute atomic E-state index is 12.7. The topological polar surface area (TPSA) is 115 Å². The molecule has 0 aliphatic heterocycles. The molecule has 2 heterocycles. The van der Waals surface area contributed by atoms with Crippen molar-refractivity contribution >= 4 is 34.5 Å². The Bertz CT molecular complexity index is 1180. The van der Waals surface area contributed by atoms with E-state index in [1.54, 1.807) is 55.9 Å². The smallest absolute Gasteiger partial charge is 0.339 e. The number of amides is 2. The summed E-state index contributed by atoms with van der Waals surface area (Å²) < 4.78 is 6.85. The van der Waals surface area contributed by atoms with E-state index in [0.717, 1.165) is 0 Å². The van der Waals surface area contributed by atoms with Crippen LogP contribution < -0.4 is 10.6 Å². The molecule has 0 saturated carbocycles. The van der Waals surface area contributed by atoms with E-state index in [4.69, 9.17) is 4.74 Å². The normalized spacial score (nSPS) is 10.9.